The minimum atomic E-state index is 0.148. The van der Waals surface area contributed by atoms with Crippen molar-refractivity contribution in [3.8, 4) is 11.5 Å². The van der Waals surface area contributed by atoms with Gasteiger partial charge in [-0.2, -0.15) is 0 Å². The lowest BCUT2D eigenvalue weighted by Crippen LogP contribution is -2.11. The number of hydrogen-bond donors (Lipinski definition) is 2. The predicted molar refractivity (Wildman–Crippen MR) is 117 cm³/mol. The first-order valence-electron chi connectivity index (χ1n) is 9.51. The standard InChI is InChI=1S/C24H28N2O2/c1-17(25-21-12-5-7-14-23(21)27-3)19-10-9-11-20(16-19)18(2)26-22-13-6-8-15-24(22)28-4/h5-18,25-26H,1-4H3/t17-,18-/m1/s1. The number of ether oxygens (including phenoxy) is 2. The Kier molecular flexibility index (Phi) is 6.43. The average Bonchev–Trinajstić information content (AvgIpc) is 2.74. The molecule has 0 saturated carbocycles. The first-order valence-corrected chi connectivity index (χ1v) is 9.51. The lowest BCUT2D eigenvalue weighted by atomic mass is 10.0. The Bertz CT molecular complexity index is 840. The van der Waals surface area contributed by atoms with Crippen molar-refractivity contribution in [1.29, 1.82) is 0 Å². The van der Waals surface area contributed by atoms with E-state index >= 15 is 0 Å². The third kappa shape index (κ3) is 4.58. The molecule has 0 bridgehead atoms. The van der Waals surface area contributed by atoms with Crippen molar-refractivity contribution in [2.75, 3.05) is 24.9 Å². The Morgan fingerprint density at radius 3 is 1.46 bits per heavy atom. The van der Waals surface area contributed by atoms with Crippen LogP contribution in [0.1, 0.15) is 37.1 Å². The molecule has 0 amide bonds. The molecule has 3 rings (SSSR count). The van der Waals surface area contributed by atoms with Crippen LogP contribution in [0.5, 0.6) is 11.5 Å². The van der Waals surface area contributed by atoms with Gasteiger partial charge in [0.1, 0.15) is 11.5 Å². The van der Waals surface area contributed by atoms with Gasteiger partial charge in [-0.05, 0) is 49.2 Å². The van der Waals surface area contributed by atoms with Crippen LogP contribution in [-0.2, 0) is 0 Å². The number of hydrogen-bond acceptors (Lipinski definition) is 4. The van der Waals surface area contributed by atoms with Crippen LogP contribution < -0.4 is 20.1 Å². The molecular formula is C24H28N2O2. The van der Waals surface area contributed by atoms with Crippen LogP contribution in [0.15, 0.2) is 72.8 Å². The summed E-state index contributed by atoms with van der Waals surface area (Å²) >= 11 is 0. The Labute approximate surface area is 167 Å². The van der Waals surface area contributed by atoms with Gasteiger partial charge in [0.25, 0.3) is 0 Å². The molecule has 146 valence electrons. The molecule has 28 heavy (non-hydrogen) atoms. The van der Waals surface area contributed by atoms with Crippen LogP contribution in [0.25, 0.3) is 0 Å². The van der Waals surface area contributed by atoms with Crippen molar-refractivity contribution in [2.24, 2.45) is 0 Å². The quantitative estimate of drug-likeness (QED) is 0.502. The molecule has 0 heterocycles. The van der Waals surface area contributed by atoms with Gasteiger partial charge in [-0.1, -0.05) is 48.5 Å². The highest BCUT2D eigenvalue weighted by atomic mass is 16.5. The van der Waals surface area contributed by atoms with Crippen molar-refractivity contribution in [1.82, 2.24) is 0 Å². The summed E-state index contributed by atoms with van der Waals surface area (Å²) in [4.78, 5) is 0. The Morgan fingerprint density at radius 1 is 0.607 bits per heavy atom. The summed E-state index contributed by atoms with van der Waals surface area (Å²) in [5, 5.41) is 7.09. The zero-order valence-corrected chi connectivity index (χ0v) is 16.9. The van der Waals surface area contributed by atoms with Crippen molar-refractivity contribution in [2.45, 2.75) is 25.9 Å². The molecular weight excluding hydrogens is 348 g/mol. The van der Waals surface area contributed by atoms with Gasteiger partial charge in [0.2, 0.25) is 0 Å². The van der Waals surface area contributed by atoms with Crippen molar-refractivity contribution >= 4 is 11.4 Å². The van der Waals surface area contributed by atoms with E-state index in [-0.39, 0.29) is 12.1 Å². The number of benzene rings is 3. The molecule has 0 spiro atoms. The fourth-order valence-electron chi connectivity index (χ4n) is 3.26. The topological polar surface area (TPSA) is 42.5 Å². The Hall–Kier alpha value is -3.14. The highest BCUT2D eigenvalue weighted by Gasteiger charge is 2.12. The van der Waals surface area contributed by atoms with E-state index in [9.17, 15) is 0 Å². The van der Waals surface area contributed by atoms with E-state index < -0.39 is 0 Å². The summed E-state index contributed by atoms with van der Waals surface area (Å²) in [6.07, 6.45) is 0. The highest BCUT2D eigenvalue weighted by molar-refractivity contribution is 5.58. The number of nitrogens with one attached hydrogen (secondary N) is 2. The van der Waals surface area contributed by atoms with E-state index in [2.05, 4.69) is 48.7 Å². The lowest BCUT2D eigenvalue weighted by Gasteiger charge is -2.21. The molecule has 0 radical (unpaired) electrons. The second-order valence-electron chi connectivity index (χ2n) is 6.80. The second kappa shape index (κ2) is 9.18. The van der Waals surface area contributed by atoms with Crippen LogP contribution in [0.2, 0.25) is 0 Å². The highest BCUT2D eigenvalue weighted by Crippen LogP contribution is 2.30. The minimum absolute atomic E-state index is 0.148. The molecule has 0 aliphatic heterocycles. The molecule has 3 aromatic rings. The number of methoxy groups -OCH3 is 2. The largest absolute Gasteiger partial charge is 0.495 e. The summed E-state index contributed by atoms with van der Waals surface area (Å²) < 4.78 is 10.9. The summed E-state index contributed by atoms with van der Waals surface area (Å²) in [5.74, 6) is 1.69. The molecule has 4 heteroatoms. The first kappa shape index (κ1) is 19.6. The Morgan fingerprint density at radius 2 is 1.04 bits per heavy atom. The summed E-state index contributed by atoms with van der Waals surface area (Å²) in [7, 11) is 3.38. The smallest absolute Gasteiger partial charge is 0.141 e. The van der Waals surface area contributed by atoms with E-state index in [1.54, 1.807) is 14.2 Å². The van der Waals surface area contributed by atoms with Gasteiger partial charge in [0.05, 0.1) is 25.6 Å². The molecule has 0 aliphatic rings. The molecule has 2 atom stereocenters. The SMILES string of the molecule is COc1ccccc1N[C@H](C)c1cccc([C@@H](C)Nc2ccccc2OC)c1. The van der Waals surface area contributed by atoms with Gasteiger partial charge >= 0.3 is 0 Å². The molecule has 0 fully saturated rings. The van der Waals surface area contributed by atoms with Crippen LogP contribution in [-0.4, -0.2) is 14.2 Å². The van der Waals surface area contributed by atoms with Crippen molar-refractivity contribution in [3.63, 3.8) is 0 Å². The average molecular weight is 377 g/mol. The number of para-hydroxylation sites is 4. The van der Waals surface area contributed by atoms with Crippen LogP contribution in [0, 0.1) is 0 Å². The zero-order valence-electron chi connectivity index (χ0n) is 16.9. The molecule has 0 aliphatic carbocycles. The van der Waals surface area contributed by atoms with Gasteiger partial charge in [0.15, 0.2) is 0 Å². The molecule has 0 saturated heterocycles. The summed E-state index contributed by atoms with van der Waals surface area (Å²) in [6.45, 7) is 4.31. The fraction of sp³-hybridized carbons (Fsp3) is 0.250. The van der Waals surface area contributed by atoms with E-state index in [0.717, 1.165) is 22.9 Å². The van der Waals surface area contributed by atoms with Gasteiger partial charge in [-0.3, -0.25) is 0 Å². The minimum Gasteiger partial charge on any atom is -0.495 e. The maximum absolute atomic E-state index is 5.45. The van der Waals surface area contributed by atoms with Crippen molar-refractivity contribution in [3.05, 3.63) is 83.9 Å². The third-order valence-electron chi connectivity index (χ3n) is 4.87. The molecule has 4 nitrogen and oxygen atoms in total. The Balaban J connectivity index is 1.75. The molecule has 2 N–H and O–H groups in total. The molecule has 0 unspecified atom stereocenters. The van der Waals surface area contributed by atoms with Crippen LogP contribution >= 0.6 is 0 Å². The first-order chi connectivity index (χ1) is 13.6. The van der Waals surface area contributed by atoms with Crippen LogP contribution in [0.4, 0.5) is 11.4 Å². The van der Waals surface area contributed by atoms with E-state index in [1.807, 2.05) is 48.5 Å². The monoisotopic (exact) mass is 376 g/mol. The zero-order chi connectivity index (χ0) is 19.9. The van der Waals surface area contributed by atoms with Gasteiger partial charge < -0.3 is 20.1 Å². The maximum atomic E-state index is 5.45. The summed E-state index contributed by atoms with van der Waals surface area (Å²) in [6, 6.07) is 24.9. The second-order valence-corrected chi connectivity index (χ2v) is 6.80. The van der Waals surface area contributed by atoms with E-state index in [4.69, 9.17) is 9.47 Å². The van der Waals surface area contributed by atoms with Crippen LogP contribution in [0.3, 0.4) is 0 Å². The number of anilines is 2. The molecule has 0 aromatic heterocycles. The normalized spacial score (nSPS) is 12.7. The predicted octanol–water partition coefficient (Wildman–Crippen LogP) is 6.05. The van der Waals surface area contributed by atoms with Crippen molar-refractivity contribution < 1.29 is 9.47 Å². The third-order valence-corrected chi connectivity index (χ3v) is 4.87. The van der Waals surface area contributed by atoms with E-state index in [0.29, 0.717) is 0 Å². The van der Waals surface area contributed by atoms with E-state index in [1.165, 1.54) is 11.1 Å². The van der Waals surface area contributed by atoms with Gasteiger partial charge in [0, 0.05) is 12.1 Å². The summed E-state index contributed by atoms with van der Waals surface area (Å²) in [5.41, 5.74) is 4.42. The van der Waals surface area contributed by atoms with Gasteiger partial charge in [-0.15, -0.1) is 0 Å². The maximum Gasteiger partial charge on any atom is 0.141 e. The molecule has 3 aromatic carbocycles. The fourth-order valence-corrected chi connectivity index (χ4v) is 3.26. The lowest BCUT2D eigenvalue weighted by molar-refractivity contribution is 0.416. The van der Waals surface area contributed by atoms with Gasteiger partial charge in [-0.25, -0.2) is 0 Å². The number of rotatable bonds is 8.